The molecule has 1 aliphatic heterocycles. The van der Waals surface area contributed by atoms with E-state index in [1.165, 1.54) is 16.4 Å². The molecule has 28 heavy (non-hydrogen) atoms. The maximum Gasteiger partial charge on any atom is 0.272 e. The Kier molecular flexibility index (Phi) is 5.69. The van der Waals surface area contributed by atoms with Gasteiger partial charge in [-0.05, 0) is 24.3 Å². The Morgan fingerprint density at radius 3 is 2.29 bits per heavy atom. The second-order valence-electron chi connectivity index (χ2n) is 7.44. The smallest absolute Gasteiger partial charge is 0.272 e. The van der Waals surface area contributed by atoms with Crippen molar-refractivity contribution >= 4 is 38.1 Å². The van der Waals surface area contributed by atoms with Crippen molar-refractivity contribution in [1.29, 1.82) is 0 Å². The van der Waals surface area contributed by atoms with Gasteiger partial charge < -0.3 is 10.2 Å². The molecule has 1 N–H and O–H groups in total. The van der Waals surface area contributed by atoms with Crippen LogP contribution in [0.15, 0.2) is 28.6 Å². The highest BCUT2D eigenvalue weighted by atomic mass is 32.2. The second-order valence-corrected chi connectivity index (χ2v) is 10.5. The number of hydrogen-bond acceptors (Lipinski definition) is 7. The summed E-state index contributed by atoms with van der Waals surface area (Å²) >= 11 is 0.838. The lowest BCUT2D eigenvalue weighted by Gasteiger charge is -2.34. The number of carbonyl (C=O) groups is 1. The minimum absolute atomic E-state index is 0.146. The fourth-order valence-corrected chi connectivity index (χ4v) is 5.05. The van der Waals surface area contributed by atoms with Crippen molar-refractivity contribution in [2.24, 2.45) is 5.41 Å². The molecule has 11 heteroatoms. The highest BCUT2D eigenvalue weighted by molar-refractivity contribution is 7.91. The zero-order chi connectivity index (χ0) is 20.5. The van der Waals surface area contributed by atoms with Crippen molar-refractivity contribution in [3.8, 4) is 0 Å². The van der Waals surface area contributed by atoms with E-state index in [-0.39, 0.29) is 34.3 Å². The van der Waals surface area contributed by atoms with Gasteiger partial charge in [0.25, 0.3) is 10.0 Å². The minimum Gasteiger partial charge on any atom is -0.369 e. The van der Waals surface area contributed by atoms with Crippen LogP contribution >= 0.6 is 11.3 Å². The molecule has 1 aromatic carbocycles. The summed E-state index contributed by atoms with van der Waals surface area (Å²) < 4.78 is 39.9. The topological polar surface area (TPSA) is 95.5 Å². The number of piperazine rings is 1. The number of nitrogens with zero attached hydrogens (tertiary/aromatic N) is 4. The van der Waals surface area contributed by atoms with E-state index in [1.807, 2.05) is 4.90 Å². The average molecular weight is 428 g/mol. The van der Waals surface area contributed by atoms with E-state index in [4.69, 9.17) is 0 Å². The number of hydrogen-bond donors (Lipinski definition) is 1. The molecule has 0 aliphatic carbocycles. The molecule has 1 amide bonds. The van der Waals surface area contributed by atoms with E-state index < -0.39 is 15.4 Å². The van der Waals surface area contributed by atoms with Crippen LogP contribution < -0.4 is 10.2 Å². The van der Waals surface area contributed by atoms with Gasteiger partial charge in [0.05, 0.1) is 0 Å². The van der Waals surface area contributed by atoms with Gasteiger partial charge in [0.1, 0.15) is 5.82 Å². The number of benzene rings is 1. The van der Waals surface area contributed by atoms with Crippen molar-refractivity contribution < 1.29 is 17.6 Å². The lowest BCUT2D eigenvalue weighted by molar-refractivity contribution is -0.123. The standard InChI is InChI=1S/C17H22FN5O3S2/c1-17(2,3)14(24)19-15-20-21-16(27-15)28(25,26)23-10-8-22(9-11-23)13-6-4-12(18)5-7-13/h4-7H,8-11H2,1-3H3,(H,19,20,24). The van der Waals surface area contributed by atoms with E-state index >= 15 is 0 Å². The van der Waals surface area contributed by atoms with E-state index in [1.54, 1.807) is 32.9 Å². The number of carbonyl (C=O) groups excluding carboxylic acids is 1. The maximum atomic E-state index is 13.1. The monoisotopic (exact) mass is 427 g/mol. The summed E-state index contributed by atoms with van der Waals surface area (Å²) in [7, 11) is -3.78. The summed E-state index contributed by atoms with van der Waals surface area (Å²) in [4.78, 5) is 14.0. The number of amides is 1. The number of halogens is 1. The van der Waals surface area contributed by atoms with Gasteiger partial charge in [-0.1, -0.05) is 32.1 Å². The van der Waals surface area contributed by atoms with E-state index in [9.17, 15) is 17.6 Å². The summed E-state index contributed by atoms with van der Waals surface area (Å²) in [6, 6.07) is 6.11. The molecule has 0 saturated carbocycles. The Hall–Kier alpha value is -2.11. The summed E-state index contributed by atoms with van der Waals surface area (Å²) in [6.45, 7) is 6.78. The molecule has 0 spiro atoms. The SMILES string of the molecule is CC(C)(C)C(=O)Nc1nnc(S(=O)(=O)N2CCN(c3ccc(F)cc3)CC2)s1. The average Bonchev–Trinajstić information content (AvgIpc) is 3.11. The van der Waals surface area contributed by atoms with Gasteiger partial charge in [0, 0.05) is 37.3 Å². The molecule has 0 unspecified atom stereocenters. The summed E-state index contributed by atoms with van der Waals surface area (Å²) in [5.41, 5.74) is 0.225. The lowest BCUT2D eigenvalue weighted by Crippen LogP contribution is -2.48. The first-order valence-corrected chi connectivity index (χ1v) is 11.0. The van der Waals surface area contributed by atoms with Crippen LogP contribution in [0.2, 0.25) is 0 Å². The molecule has 8 nitrogen and oxygen atoms in total. The van der Waals surface area contributed by atoms with Gasteiger partial charge >= 0.3 is 0 Å². The zero-order valence-corrected chi connectivity index (χ0v) is 17.5. The van der Waals surface area contributed by atoms with Crippen LogP contribution in [0.25, 0.3) is 0 Å². The van der Waals surface area contributed by atoms with Crippen molar-refractivity contribution in [2.75, 3.05) is 36.4 Å². The number of sulfonamides is 1. The van der Waals surface area contributed by atoms with Crippen LogP contribution in [0.3, 0.4) is 0 Å². The molecular weight excluding hydrogens is 405 g/mol. The Balaban J connectivity index is 1.66. The van der Waals surface area contributed by atoms with Crippen LogP contribution in [0.5, 0.6) is 0 Å². The highest BCUT2D eigenvalue weighted by Crippen LogP contribution is 2.26. The Morgan fingerprint density at radius 1 is 1.11 bits per heavy atom. The van der Waals surface area contributed by atoms with Crippen LogP contribution in [0.1, 0.15) is 20.8 Å². The number of rotatable bonds is 4. The van der Waals surface area contributed by atoms with Crippen LogP contribution in [0, 0.1) is 11.2 Å². The molecular formula is C17H22FN5O3S2. The van der Waals surface area contributed by atoms with Crippen molar-refractivity contribution in [1.82, 2.24) is 14.5 Å². The third-order valence-corrected chi connectivity index (χ3v) is 7.38. The third-order valence-electron chi connectivity index (χ3n) is 4.30. The fraction of sp³-hybridized carbons (Fsp3) is 0.471. The minimum atomic E-state index is -3.78. The maximum absolute atomic E-state index is 13.1. The van der Waals surface area contributed by atoms with Crippen LogP contribution in [-0.4, -0.2) is 55.0 Å². The second kappa shape index (κ2) is 7.72. The first kappa shape index (κ1) is 20.6. The molecule has 3 rings (SSSR count). The molecule has 0 atom stereocenters. The van der Waals surface area contributed by atoms with Gasteiger partial charge in [0.2, 0.25) is 15.4 Å². The number of nitrogens with one attached hydrogen (secondary N) is 1. The fourth-order valence-electron chi connectivity index (χ4n) is 2.60. The molecule has 1 fully saturated rings. The molecule has 1 aliphatic rings. The highest BCUT2D eigenvalue weighted by Gasteiger charge is 2.32. The molecule has 1 saturated heterocycles. The summed E-state index contributed by atoms with van der Waals surface area (Å²) in [5, 5.41) is 10.3. The predicted molar refractivity (Wildman–Crippen MR) is 105 cm³/mol. The summed E-state index contributed by atoms with van der Waals surface area (Å²) in [6.07, 6.45) is 0. The van der Waals surface area contributed by atoms with E-state index in [0.717, 1.165) is 17.0 Å². The third kappa shape index (κ3) is 4.47. The first-order chi connectivity index (χ1) is 13.1. The Labute approximate surface area is 167 Å². The van der Waals surface area contributed by atoms with Gasteiger partial charge in [-0.15, -0.1) is 10.2 Å². The molecule has 1 aromatic heterocycles. The number of anilines is 2. The van der Waals surface area contributed by atoms with Gasteiger partial charge in [-0.3, -0.25) is 4.79 Å². The Morgan fingerprint density at radius 2 is 1.71 bits per heavy atom. The van der Waals surface area contributed by atoms with Gasteiger partial charge in [0.15, 0.2) is 0 Å². The molecule has 0 radical (unpaired) electrons. The lowest BCUT2D eigenvalue weighted by atomic mass is 9.96. The van der Waals surface area contributed by atoms with Crippen LogP contribution in [0.4, 0.5) is 15.2 Å². The van der Waals surface area contributed by atoms with Crippen molar-refractivity contribution in [3.63, 3.8) is 0 Å². The molecule has 0 bridgehead atoms. The van der Waals surface area contributed by atoms with Crippen LogP contribution in [-0.2, 0) is 14.8 Å². The predicted octanol–water partition coefficient (Wildman–Crippen LogP) is 2.17. The van der Waals surface area contributed by atoms with E-state index in [0.29, 0.717) is 13.1 Å². The normalized spacial score (nSPS) is 16.2. The molecule has 2 heterocycles. The largest absolute Gasteiger partial charge is 0.369 e. The molecule has 152 valence electrons. The van der Waals surface area contributed by atoms with Crippen molar-refractivity contribution in [3.05, 3.63) is 30.1 Å². The first-order valence-electron chi connectivity index (χ1n) is 8.73. The summed E-state index contributed by atoms with van der Waals surface area (Å²) in [5.74, 6) is -0.573. The molecule has 2 aromatic rings. The van der Waals surface area contributed by atoms with Crippen molar-refractivity contribution in [2.45, 2.75) is 25.1 Å². The Bertz CT molecular complexity index is 946. The van der Waals surface area contributed by atoms with Gasteiger partial charge in [-0.25, -0.2) is 12.8 Å². The quantitative estimate of drug-likeness (QED) is 0.752. The zero-order valence-electron chi connectivity index (χ0n) is 15.8. The van der Waals surface area contributed by atoms with Gasteiger partial charge in [-0.2, -0.15) is 4.31 Å². The van der Waals surface area contributed by atoms with E-state index in [2.05, 4.69) is 15.5 Å². The number of aromatic nitrogens is 2.